The normalized spacial score (nSPS) is 11.4. The summed E-state index contributed by atoms with van der Waals surface area (Å²) in [7, 11) is 0. The average Bonchev–Trinajstić information content (AvgIpc) is 3.01. The Labute approximate surface area is 143 Å². The van der Waals surface area contributed by atoms with E-state index in [-0.39, 0.29) is 12.2 Å². The Balaban J connectivity index is 1.87. The molecule has 0 saturated heterocycles. The number of aromatic nitrogens is 1. The van der Waals surface area contributed by atoms with E-state index in [0.29, 0.717) is 23.7 Å². The molecule has 0 aliphatic heterocycles. The number of aromatic amines is 1. The highest BCUT2D eigenvalue weighted by atomic mass is 35.5. The standard InChI is InChI=1S/C17H17ClN2O2S/c18-14-4-3-12-8-13(17(22)19-16(12)9-14)10-20(5-6-21)11-15-2-1-7-23-15/h1-4,7-9,21H,5-6,10-11H2,(H,19,22). The quantitative estimate of drug-likeness (QED) is 0.719. The van der Waals surface area contributed by atoms with Crippen LogP contribution in [0, 0.1) is 0 Å². The highest BCUT2D eigenvalue weighted by molar-refractivity contribution is 7.09. The summed E-state index contributed by atoms with van der Waals surface area (Å²) in [6.45, 7) is 1.80. The number of nitrogens with zero attached hydrogens (tertiary/aromatic N) is 1. The number of pyridine rings is 1. The molecule has 0 unspecified atom stereocenters. The molecule has 0 radical (unpaired) electrons. The van der Waals surface area contributed by atoms with Crippen LogP contribution < -0.4 is 5.56 Å². The molecule has 0 amide bonds. The Hall–Kier alpha value is -1.66. The van der Waals surface area contributed by atoms with Gasteiger partial charge in [0.25, 0.3) is 5.56 Å². The van der Waals surface area contributed by atoms with Crippen molar-refractivity contribution in [2.24, 2.45) is 0 Å². The molecule has 3 aromatic rings. The molecule has 2 aromatic heterocycles. The zero-order valence-electron chi connectivity index (χ0n) is 12.5. The smallest absolute Gasteiger partial charge is 0.252 e. The number of rotatable bonds is 6. The van der Waals surface area contributed by atoms with Crippen LogP contribution in [0.15, 0.2) is 46.6 Å². The van der Waals surface area contributed by atoms with E-state index in [9.17, 15) is 9.90 Å². The zero-order valence-corrected chi connectivity index (χ0v) is 14.0. The van der Waals surface area contributed by atoms with Gasteiger partial charge in [0.1, 0.15) is 0 Å². The first-order chi connectivity index (χ1) is 11.2. The molecule has 0 bridgehead atoms. The van der Waals surface area contributed by atoms with Crippen molar-refractivity contribution in [1.82, 2.24) is 9.88 Å². The van der Waals surface area contributed by atoms with E-state index in [2.05, 4.69) is 16.0 Å². The molecule has 0 fully saturated rings. The molecule has 2 heterocycles. The van der Waals surface area contributed by atoms with Crippen molar-refractivity contribution in [3.63, 3.8) is 0 Å². The fraction of sp³-hybridized carbons (Fsp3) is 0.235. The third-order valence-corrected chi connectivity index (χ3v) is 4.75. The SMILES string of the molecule is O=c1[nH]c2cc(Cl)ccc2cc1CN(CCO)Cc1cccs1. The summed E-state index contributed by atoms with van der Waals surface area (Å²) in [6.07, 6.45) is 0. The van der Waals surface area contributed by atoms with Gasteiger partial charge >= 0.3 is 0 Å². The predicted molar refractivity (Wildman–Crippen MR) is 95.1 cm³/mol. The van der Waals surface area contributed by atoms with Crippen LogP contribution in [0.3, 0.4) is 0 Å². The minimum absolute atomic E-state index is 0.0620. The number of hydrogen-bond acceptors (Lipinski definition) is 4. The molecule has 23 heavy (non-hydrogen) atoms. The molecular formula is C17H17ClN2O2S. The van der Waals surface area contributed by atoms with Gasteiger partial charge in [-0.05, 0) is 35.0 Å². The predicted octanol–water partition coefficient (Wildman–Crippen LogP) is 3.24. The van der Waals surface area contributed by atoms with Crippen molar-refractivity contribution < 1.29 is 5.11 Å². The number of aliphatic hydroxyl groups excluding tert-OH is 1. The first-order valence-electron chi connectivity index (χ1n) is 7.33. The van der Waals surface area contributed by atoms with E-state index in [4.69, 9.17) is 11.6 Å². The first kappa shape index (κ1) is 16.2. The summed E-state index contributed by atoms with van der Waals surface area (Å²) in [5.41, 5.74) is 1.30. The van der Waals surface area contributed by atoms with Crippen LogP contribution in [0.5, 0.6) is 0 Å². The number of benzene rings is 1. The highest BCUT2D eigenvalue weighted by Gasteiger charge is 2.11. The van der Waals surface area contributed by atoms with E-state index in [1.807, 2.05) is 29.6 Å². The lowest BCUT2D eigenvalue weighted by Crippen LogP contribution is -2.28. The second-order valence-corrected chi connectivity index (χ2v) is 6.84. The van der Waals surface area contributed by atoms with Crippen LogP contribution in [0.4, 0.5) is 0 Å². The summed E-state index contributed by atoms with van der Waals surface area (Å²) in [5.74, 6) is 0. The lowest BCUT2D eigenvalue weighted by atomic mass is 10.1. The summed E-state index contributed by atoms with van der Waals surface area (Å²) in [5, 5.41) is 12.8. The third-order valence-electron chi connectivity index (χ3n) is 3.65. The molecule has 0 atom stereocenters. The summed E-state index contributed by atoms with van der Waals surface area (Å²) in [6, 6.07) is 11.4. The molecule has 0 aliphatic rings. The molecule has 3 rings (SSSR count). The fourth-order valence-electron chi connectivity index (χ4n) is 2.56. The van der Waals surface area contributed by atoms with E-state index < -0.39 is 0 Å². The van der Waals surface area contributed by atoms with Crippen LogP contribution in [0.2, 0.25) is 5.02 Å². The van der Waals surface area contributed by atoms with E-state index in [1.54, 1.807) is 17.4 Å². The van der Waals surface area contributed by atoms with Gasteiger partial charge in [0.05, 0.1) is 6.61 Å². The molecule has 6 heteroatoms. The van der Waals surface area contributed by atoms with Crippen molar-refractivity contribution in [3.8, 4) is 0 Å². The second-order valence-electron chi connectivity index (χ2n) is 5.37. The van der Waals surface area contributed by atoms with Crippen molar-refractivity contribution in [2.75, 3.05) is 13.2 Å². The van der Waals surface area contributed by atoms with Gasteiger partial charge in [-0.3, -0.25) is 9.69 Å². The Morgan fingerprint density at radius 2 is 2.09 bits per heavy atom. The van der Waals surface area contributed by atoms with Gasteiger partial charge in [-0.15, -0.1) is 11.3 Å². The van der Waals surface area contributed by atoms with Gasteiger partial charge in [-0.2, -0.15) is 0 Å². The van der Waals surface area contributed by atoms with E-state index in [1.165, 1.54) is 4.88 Å². The summed E-state index contributed by atoms with van der Waals surface area (Å²) >= 11 is 7.63. The third kappa shape index (κ3) is 4.00. The lowest BCUT2D eigenvalue weighted by Gasteiger charge is -2.20. The molecule has 1 aromatic carbocycles. The maximum Gasteiger partial charge on any atom is 0.252 e. The van der Waals surface area contributed by atoms with Crippen molar-refractivity contribution in [1.29, 1.82) is 0 Å². The summed E-state index contributed by atoms with van der Waals surface area (Å²) in [4.78, 5) is 18.5. The monoisotopic (exact) mass is 348 g/mol. The molecule has 4 nitrogen and oxygen atoms in total. The van der Waals surface area contributed by atoms with Gasteiger partial charge in [-0.25, -0.2) is 0 Å². The maximum atomic E-state index is 12.3. The second kappa shape index (κ2) is 7.27. The Bertz CT molecular complexity index is 845. The van der Waals surface area contributed by atoms with Gasteiger partial charge < -0.3 is 10.1 Å². The Morgan fingerprint density at radius 3 is 2.83 bits per heavy atom. The van der Waals surface area contributed by atoms with Gasteiger partial charge in [-0.1, -0.05) is 23.7 Å². The molecule has 0 aliphatic carbocycles. The van der Waals surface area contributed by atoms with Gasteiger partial charge in [0.15, 0.2) is 0 Å². The molecular weight excluding hydrogens is 332 g/mol. The van der Waals surface area contributed by atoms with Crippen LogP contribution >= 0.6 is 22.9 Å². The number of hydrogen-bond donors (Lipinski definition) is 2. The topological polar surface area (TPSA) is 56.3 Å². The average molecular weight is 349 g/mol. The molecule has 120 valence electrons. The van der Waals surface area contributed by atoms with E-state index in [0.717, 1.165) is 17.4 Å². The largest absolute Gasteiger partial charge is 0.395 e. The number of fused-ring (bicyclic) bond motifs is 1. The van der Waals surface area contributed by atoms with Crippen LogP contribution in [0.1, 0.15) is 10.4 Å². The number of H-pyrrole nitrogens is 1. The highest BCUT2D eigenvalue weighted by Crippen LogP contribution is 2.18. The van der Waals surface area contributed by atoms with Gasteiger partial charge in [0, 0.05) is 40.6 Å². The summed E-state index contributed by atoms with van der Waals surface area (Å²) < 4.78 is 0. The number of thiophene rings is 1. The Morgan fingerprint density at radius 1 is 1.22 bits per heavy atom. The number of nitrogens with one attached hydrogen (secondary N) is 1. The number of aliphatic hydroxyl groups is 1. The van der Waals surface area contributed by atoms with Crippen molar-refractivity contribution >= 4 is 33.8 Å². The van der Waals surface area contributed by atoms with Crippen LogP contribution in [-0.4, -0.2) is 28.1 Å². The fourth-order valence-corrected chi connectivity index (χ4v) is 3.47. The van der Waals surface area contributed by atoms with Crippen molar-refractivity contribution in [3.05, 3.63) is 67.6 Å². The van der Waals surface area contributed by atoms with Crippen LogP contribution in [0.25, 0.3) is 10.9 Å². The van der Waals surface area contributed by atoms with Gasteiger partial charge in [0.2, 0.25) is 0 Å². The molecule has 0 saturated carbocycles. The Kier molecular flexibility index (Phi) is 5.13. The van der Waals surface area contributed by atoms with E-state index >= 15 is 0 Å². The maximum absolute atomic E-state index is 12.3. The lowest BCUT2D eigenvalue weighted by molar-refractivity contribution is 0.185. The molecule has 2 N–H and O–H groups in total. The first-order valence-corrected chi connectivity index (χ1v) is 8.58. The minimum atomic E-state index is -0.117. The zero-order chi connectivity index (χ0) is 16.2. The van der Waals surface area contributed by atoms with Crippen LogP contribution in [-0.2, 0) is 13.1 Å². The van der Waals surface area contributed by atoms with Crippen molar-refractivity contribution in [2.45, 2.75) is 13.1 Å². The minimum Gasteiger partial charge on any atom is -0.395 e. The number of halogens is 1. The molecule has 0 spiro atoms.